The summed E-state index contributed by atoms with van der Waals surface area (Å²) in [7, 11) is 0. The quantitative estimate of drug-likeness (QED) is 0.456. The van der Waals surface area contributed by atoms with Crippen molar-refractivity contribution >= 4 is 17.7 Å². The van der Waals surface area contributed by atoms with E-state index in [1.165, 1.54) is 0 Å². The van der Waals surface area contributed by atoms with Gasteiger partial charge in [0.2, 0.25) is 0 Å². The van der Waals surface area contributed by atoms with Gasteiger partial charge in [0.05, 0.1) is 10.6 Å². The topological polar surface area (TPSA) is 39.2 Å². The number of esters is 1. The van der Waals surface area contributed by atoms with Gasteiger partial charge in [-0.2, -0.15) is 0 Å². The smallest absolute Gasteiger partial charge is 0.339 e. The number of carbonyl (C=O) groups excluding carboxylic acids is 1. The highest BCUT2D eigenvalue weighted by molar-refractivity contribution is 7.99. The minimum atomic E-state index is -0.511. The molecular formula is C12H13NO2S. The minimum absolute atomic E-state index is 0.411. The van der Waals surface area contributed by atoms with E-state index < -0.39 is 12.1 Å². The molecule has 84 valence electrons. The molecule has 1 aromatic rings. The standard InChI is InChI=1S/C12H13NO2S/c1-4-9(3)15-12(14)10-6-7-13-11(8-10)16-5-2/h1,6-9H,5H2,2-3H3/t9-/m1/s1. The first kappa shape index (κ1) is 12.6. The number of ether oxygens (including phenoxy) is 1. The van der Waals surface area contributed by atoms with Gasteiger partial charge in [-0.3, -0.25) is 0 Å². The van der Waals surface area contributed by atoms with Crippen molar-refractivity contribution in [2.24, 2.45) is 0 Å². The van der Waals surface area contributed by atoms with Crippen LogP contribution in [-0.4, -0.2) is 22.8 Å². The lowest BCUT2D eigenvalue weighted by Crippen LogP contribution is -2.13. The van der Waals surface area contributed by atoms with Crippen LogP contribution in [0, 0.1) is 12.3 Å². The van der Waals surface area contributed by atoms with E-state index in [-0.39, 0.29) is 0 Å². The number of pyridine rings is 1. The summed E-state index contributed by atoms with van der Waals surface area (Å²) < 4.78 is 5.01. The van der Waals surface area contributed by atoms with Crippen LogP contribution in [0.3, 0.4) is 0 Å². The Morgan fingerprint density at radius 1 is 1.75 bits per heavy atom. The molecule has 1 aromatic heterocycles. The van der Waals surface area contributed by atoms with E-state index in [9.17, 15) is 4.79 Å². The van der Waals surface area contributed by atoms with Gasteiger partial charge >= 0.3 is 5.97 Å². The highest BCUT2D eigenvalue weighted by atomic mass is 32.2. The van der Waals surface area contributed by atoms with Gasteiger partial charge in [0, 0.05) is 6.20 Å². The maximum atomic E-state index is 11.6. The summed E-state index contributed by atoms with van der Waals surface area (Å²) in [5.41, 5.74) is 0.480. The van der Waals surface area contributed by atoms with Gasteiger partial charge in [0.25, 0.3) is 0 Å². The molecule has 0 bridgehead atoms. The van der Waals surface area contributed by atoms with Gasteiger partial charge in [0.15, 0.2) is 6.10 Å². The number of carbonyl (C=O) groups is 1. The van der Waals surface area contributed by atoms with E-state index >= 15 is 0 Å². The molecule has 0 spiro atoms. The maximum absolute atomic E-state index is 11.6. The minimum Gasteiger partial charge on any atom is -0.446 e. The van der Waals surface area contributed by atoms with Crippen LogP contribution in [0.1, 0.15) is 24.2 Å². The van der Waals surface area contributed by atoms with Crippen molar-refractivity contribution in [2.75, 3.05) is 5.75 Å². The Labute approximate surface area is 99.6 Å². The molecule has 1 atom stereocenters. The second-order valence-corrected chi connectivity index (χ2v) is 4.31. The van der Waals surface area contributed by atoms with Gasteiger partial charge in [-0.25, -0.2) is 9.78 Å². The average Bonchev–Trinajstić information content (AvgIpc) is 2.29. The number of hydrogen-bond donors (Lipinski definition) is 0. The lowest BCUT2D eigenvalue weighted by Gasteiger charge is -2.07. The lowest BCUT2D eigenvalue weighted by molar-refractivity contribution is 0.0438. The third-order valence-electron chi connectivity index (χ3n) is 1.78. The van der Waals surface area contributed by atoms with Crippen LogP contribution in [0.5, 0.6) is 0 Å². The molecule has 0 aromatic carbocycles. The normalized spacial score (nSPS) is 11.6. The molecule has 16 heavy (non-hydrogen) atoms. The van der Waals surface area contributed by atoms with Crippen LogP contribution in [0.4, 0.5) is 0 Å². The summed E-state index contributed by atoms with van der Waals surface area (Å²) >= 11 is 1.57. The SMILES string of the molecule is C#C[C@@H](C)OC(=O)c1ccnc(SCC)c1. The van der Waals surface area contributed by atoms with Gasteiger partial charge in [-0.05, 0) is 24.8 Å². The molecular weight excluding hydrogens is 222 g/mol. The number of nitrogens with zero attached hydrogens (tertiary/aromatic N) is 1. The average molecular weight is 235 g/mol. The van der Waals surface area contributed by atoms with Crippen LogP contribution in [0.15, 0.2) is 23.4 Å². The molecule has 0 amide bonds. The highest BCUT2D eigenvalue weighted by Gasteiger charge is 2.10. The Kier molecular flexibility index (Phi) is 4.87. The molecule has 4 heteroatoms. The predicted molar refractivity (Wildman–Crippen MR) is 64.3 cm³/mol. The zero-order chi connectivity index (χ0) is 12.0. The van der Waals surface area contributed by atoms with Crippen LogP contribution in [0.2, 0.25) is 0 Å². The van der Waals surface area contributed by atoms with Crippen molar-refractivity contribution < 1.29 is 9.53 Å². The Bertz CT molecular complexity index is 412. The predicted octanol–water partition coefficient (Wildman–Crippen LogP) is 2.37. The zero-order valence-corrected chi connectivity index (χ0v) is 10.1. The lowest BCUT2D eigenvalue weighted by atomic mass is 10.3. The van der Waals surface area contributed by atoms with Crippen molar-refractivity contribution in [1.29, 1.82) is 0 Å². The number of terminal acetylenes is 1. The Morgan fingerprint density at radius 3 is 3.12 bits per heavy atom. The van der Waals surface area contributed by atoms with Gasteiger partial charge in [-0.15, -0.1) is 18.2 Å². The van der Waals surface area contributed by atoms with Crippen molar-refractivity contribution in [3.8, 4) is 12.3 Å². The molecule has 0 N–H and O–H groups in total. The number of hydrogen-bond acceptors (Lipinski definition) is 4. The number of aromatic nitrogens is 1. The molecule has 1 heterocycles. The van der Waals surface area contributed by atoms with Crippen molar-refractivity contribution in [2.45, 2.75) is 25.0 Å². The van der Waals surface area contributed by atoms with Crippen LogP contribution in [-0.2, 0) is 4.74 Å². The van der Waals surface area contributed by atoms with E-state index in [2.05, 4.69) is 10.9 Å². The summed E-state index contributed by atoms with van der Waals surface area (Å²) in [5.74, 6) is 2.84. The second-order valence-electron chi connectivity index (χ2n) is 3.03. The van der Waals surface area contributed by atoms with Crippen LogP contribution in [0.25, 0.3) is 0 Å². The van der Waals surface area contributed by atoms with Crippen molar-refractivity contribution in [3.63, 3.8) is 0 Å². The first-order chi connectivity index (χ1) is 7.67. The summed E-state index contributed by atoms with van der Waals surface area (Å²) in [5, 5.41) is 0.810. The fourth-order valence-corrected chi connectivity index (χ4v) is 1.67. The third-order valence-corrected chi connectivity index (χ3v) is 2.59. The molecule has 0 unspecified atom stereocenters. The zero-order valence-electron chi connectivity index (χ0n) is 9.27. The molecule has 0 saturated carbocycles. The molecule has 0 radical (unpaired) electrons. The van der Waals surface area contributed by atoms with E-state index in [4.69, 9.17) is 11.2 Å². The second kappa shape index (κ2) is 6.19. The molecule has 0 saturated heterocycles. The van der Waals surface area contributed by atoms with Crippen molar-refractivity contribution in [1.82, 2.24) is 4.98 Å². The van der Waals surface area contributed by atoms with Gasteiger partial charge in [-0.1, -0.05) is 12.8 Å². The summed E-state index contributed by atoms with van der Waals surface area (Å²) in [6, 6.07) is 3.32. The molecule has 0 aliphatic carbocycles. The first-order valence-electron chi connectivity index (χ1n) is 4.93. The van der Waals surface area contributed by atoms with E-state index in [0.29, 0.717) is 5.56 Å². The summed E-state index contributed by atoms with van der Waals surface area (Å²) in [4.78, 5) is 15.7. The van der Waals surface area contributed by atoms with Crippen LogP contribution >= 0.6 is 11.8 Å². The monoisotopic (exact) mass is 235 g/mol. The summed E-state index contributed by atoms with van der Waals surface area (Å²) in [6.07, 6.45) is 6.21. The fourth-order valence-electron chi connectivity index (χ4n) is 1.03. The van der Waals surface area contributed by atoms with Gasteiger partial charge < -0.3 is 4.74 Å². The van der Waals surface area contributed by atoms with E-state index in [1.54, 1.807) is 37.0 Å². The molecule has 3 nitrogen and oxygen atoms in total. The molecule has 0 fully saturated rings. The third kappa shape index (κ3) is 3.59. The van der Waals surface area contributed by atoms with Crippen molar-refractivity contribution in [3.05, 3.63) is 23.9 Å². The number of thioether (sulfide) groups is 1. The molecule has 1 rings (SSSR count). The highest BCUT2D eigenvalue weighted by Crippen LogP contribution is 2.16. The molecule has 0 aliphatic heterocycles. The van der Waals surface area contributed by atoms with E-state index in [0.717, 1.165) is 10.8 Å². The van der Waals surface area contributed by atoms with E-state index in [1.807, 2.05) is 6.92 Å². The Balaban J connectivity index is 2.76. The molecule has 0 aliphatic rings. The van der Waals surface area contributed by atoms with Gasteiger partial charge in [0.1, 0.15) is 0 Å². The maximum Gasteiger partial charge on any atom is 0.339 e. The first-order valence-corrected chi connectivity index (χ1v) is 5.92. The Morgan fingerprint density at radius 2 is 2.50 bits per heavy atom. The number of rotatable bonds is 4. The van der Waals surface area contributed by atoms with Crippen LogP contribution < -0.4 is 0 Å². The largest absolute Gasteiger partial charge is 0.446 e. The summed E-state index contributed by atoms with van der Waals surface area (Å²) in [6.45, 7) is 3.68. The Hall–Kier alpha value is -1.47. The fraction of sp³-hybridized carbons (Fsp3) is 0.333.